The van der Waals surface area contributed by atoms with E-state index < -0.39 is 24.5 Å². The second kappa shape index (κ2) is 5.87. The third-order valence-corrected chi connectivity index (χ3v) is 2.04. The minimum Gasteiger partial charge on any atom is -0.489 e. The predicted octanol–water partition coefficient (Wildman–Crippen LogP) is 3.16. The quantitative estimate of drug-likeness (QED) is 0.473. The Balaban J connectivity index is 2.56. The summed E-state index contributed by atoms with van der Waals surface area (Å²) in [6.07, 6.45) is -4.74. The second-order valence-corrected chi connectivity index (χ2v) is 3.42. The van der Waals surface area contributed by atoms with Gasteiger partial charge in [-0.3, -0.25) is 14.9 Å². The lowest BCUT2D eigenvalue weighted by atomic mass is 10.3. The maximum absolute atomic E-state index is 11.6. The van der Waals surface area contributed by atoms with E-state index in [9.17, 15) is 23.3 Å². The number of hydrogen-bond donors (Lipinski definition) is 0. The Morgan fingerprint density at radius 3 is 2.56 bits per heavy atom. The summed E-state index contributed by atoms with van der Waals surface area (Å²) in [5.41, 5.74) is -0.272. The molecule has 0 spiro atoms. The van der Waals surface area contributed by atoms with Crippen LogP contribution in [-0.2, 0) is 4.74 Å². The van der Waals surface area contributed by atoms with Crippen LogP contribution in [0.25, 0.3) is 0 Å². The van der Waals surface area contributed by atoms with Crippen LogP contribution in [0.4, 0.5) is 18.9 Å². The topological polar surface area (TPSA) is 61.6 Å². The average Bonchev–Trinajstić information content (AvgIpc) is 2.24. The molecule has 100 valence electrons. The Morgan fingerprint density at radius 2 is 2.00 bits per heavy atom. The number of ether oxygens (including phenoxy) is 2. The van der Waals surface area contributed by atoms with Crippen molar-refractivity contribution in [2.24, 2.45) is 0 Å². The number of rotatable bonds is 5. The number of nitro benzene ring substituents is 1. The molecule has 9 heteroatoms. The highest BCUT2D eigenvalue weighted by atomic mass is 35.5. The van der Waals surface area contributed by atoms with Crippen LogP contribution in [0.5, 0.6) is 5.75 Å². The number of halogens is 4. The molecule has 1 aromatic rings. The summed E-state index contributed by atoms with van der Waals surface area (Å²) < 4.78 is 43.2. The zero-order valence-electron chi connectivity index (χ0n) is 8.74. The Hall–Kier alpha value is -1.54. The van der Waals surface area contributed by atoms with Gasteiger partial charge in [-0.1, -0.05) is 11.6 Å². The molecule has 0 aliphatic rings. The van der Waals surface area contributed by atoms with Crippen molar-refractivity contribution in [3.8, 4) is 5.75 Å². The van der Waals surface area contributed by atoms with Gasteiger partial charge in [-0.25, -0.2) is 0 Å². The van der Waals surface area contributed by atoms with E-state index in [1.807, 2.05) is 0 Å². The molecule has 0 atom stereocenters. The first-order chi connectivity index (χ1) is 8.29. The molecule has 0 saturated carbocycles. The fourth-order valence-corrected chi connectivity index (χ4v) is 1.20. The normalized spacial score (nSPS) is 11.3. The van der Waals surface area contributed by atoms with Gasteiger partial charge < -0.3 is 4.74 Å². The number of benzene rings is 1. The molecule has 0 aliphatic carbocycles. The van der Waals surface area contributed by atoms with Gasteiger partial charge in [0.25, 0.3) is 5.69 Å². The van der Waals surface area contributed by atoms with Crippen molar-refractivity contribution in [2.75, 3.05) is 13.2 Å². The van der Waals surface area contributed by atoms with E-state index >= 15 is 0 Å². The van der Waals surface area contributed by atoms with Gasteiger partial charge in [-0.15, -0.1) is 13.2 Å². The molecule has 0 aromatic heterocycles. The number of nitro groups is 1. The van der Waals surface area contributed by atoms with E-state index in [-0.39, 0.29) is 16.5 Å². The lowest BCUT2D eigenvalue weighted by Gasteiger charge is -2.09. The number of non-ortho nitro benzene ring substituents is 1. The Bertz CT molecular complexity index is 438. The third-order valence-electron chi connectivity index (χ3n) is 1.73. The van der Waals surface area contributed by atoms with Crippen molar-refractivity contribution in [1.82, 2.24) is 0 Å². The van der Waals surface area contributed by atoms with E-state index in [1.54, 1.807) is 0 Å². The summed E-state index contributed by atoms with van der Waals surface area (Å²) in [7, 11) is 0. The number of hydrogen-bond acceptors (Lipinski definition) is 4. The average molecular weight is 286 g/mol. The van der Waals surface area contributed by atoms with Crippen molar-refractivity contribution < 1.29 is 27.6 Å². The molecule has 0 N–H and O–H groups in total. The molecule has 0 unspecified atom stereocenters. The summed E-state index contributed by atoms with van der Waals surface area (Å²) in [5, 5.41) is 10.5. The lowest BCUT2D eigenvalue weighted by molar-refractivity contribution is -0.385. The smallest absolute Gasteiger partial charge is 0.489 e. The maximum Gasteiger partial charge on any atom is 0.522 e. The lowest BCUT2D eigenvalue weighted by Crippen LogP contribution is -2.18. The molecule has 1 aromatic carbocycles. The van der Waals surface area contributed by atoms with E-state index in [4.69, 9.17) is 16.3 Å². The summed E-state index contributed by atoms with van der Waals surface area (Å²) in [6, 6.07) is 3.40. The largest absolute Gasteiger partial charge is 0.522 e. The highest BCUT2D eigenvalue weighted by Gasteiger charge is 2.28. The molecule has 0 fully saturated rings. The van der Waals surface area contributed by atoms with Gasteiger partial charge in [0.15, 0.2) is 0 Å². The Kier molecular flexibility index (Phi) is 4.74. The summed E-state index contributed by atoms with van der Waals surface area (Å²) in [5.74, 6) is -0.0726. The molecule has 5 nitrogen and oxygen atoms in total. The zero-order chi connectivity index (χ0) is 13.8. The molecule has 0 radical (unpaired) electrons. The van der Waals surface area contributed by atoms with E-state index in [0.29, 0.717) is 0 Å². The van der Waals surface area contributed by atoms with Crippen LogP contribution in [0, 0.1) is 10.1 Å². The van der Waals surface area contributed by atoms with E-state index in [1.165, 1.54) is 6.07 Å². The van der Waals surface area contributed by atoms with Crippen LogP contribution >= 0.6 is 11.6 Å². The van der Waals surface area contributed by atoms with Gasteiger partial charge in [0.05, 0.1) is 22.6 Å². The van der Waals surface area contributed by atoms with Gasteiger partial charge in [0.2, 0.25) is 0 Å². The van der Waals surface area contributed by atoms with Crippen LogP contribution in [0.1, 0.15) is 0 Å². The first-order valence-electron chi connectivity index (χ1n) is 4.57. The predicted molar refractivity (Wildman–Crippen MR) is 55.6 cm³/mol. The molecule has 0 heterocycles. The van der Waals surface area contributed by atoms with Crippen molar-refractivity contribution in [3.63, 3.8) is 0 Å². The van der Waals surface area contributed by atoms with Gasteiger partial charge in [0, 0.05) is 6.07 Å². The van der Waals surface area contributed by atoms with Crippen LogP contribution < -0.4 is 4.74 Å². The first-order valence-corrected chi connectivity index (χ1v) is 4.95. The molecule has 0 amide bonds. The first kappa shape index (κ1) is 14.5. The zero-order valence-corrected chi connectivity index (χ0v) is 9.49. The van der Waals surface area contributed by atoms with Crippen molar-refractivity contribution in [1.29, 1.82) is 0 Å². The SMILES string of the molecule is O=[N+]([O-])c1ccc(Cl)c(OCCOC(F)(F)F)c1. The Labute approximate surface area is 104 Å². The third kappa shape index (κ3) is 4.76. The van der Waals surface area contributed by atoms with Gasteiger partial charge in [-0.2, -0.15) is 0 Å². The van der Waals surface area contributed by atoms with Gasteiger partial charge in [-0.05, 0) is 6.07 Å². The van der Waals surface area contributed by atoms with Crippen molar-refractivity contribution >= 4 is 17.3 Å². The number of alkyl halides is 3. The van der Waals surface area contributed by atoms with E-state index in [0.717, 1.165) is 12.1 Å². The highest BCUT2D eigenvalue weighted by molar-refractivity contribution is 6.32. The molecular weight excluding hydrogens is 279 g/mol. The monoisotopic (exact) mass is 285 g/mol. The molecule has 18 heavy (non-hydrogen) atoms. The summed E-state index contributed by atoms with van der Waals surface area (Å²) in [4.78, 5) is 9.79. The standard InChI is InChI=1S/C9H7ClF3NO4/c10-7-2-1-6(14(15)16)5-8(7)17-3-4-18-9(11,12)13/h1-2,5H,3-4H2. The fourth-order valence-electron chi connectivity index (χ4n) is 1.03. The van der Waals surface area contributed by atoms with Crippen LogP contribution in [0.3, 0.4) is 0 Å². The molecule has 0 bridgehead atoms. The van der Waals surface area contributed by atoms with Crippen molar-refractivity contribution in [3.05, 3.63) is 33.3 Å². The van der Waals surface area contributed by atoms with Crippen LogP contribution in [-0.4, -0.2) is 24.5 Å². The minimum atomic E-state index is -4.74. The molecule has 0 saturated heterocycles. The number of nitrogens with zero attached hydrogens (tertiary/aromatic N) is 1. The molecule has 0 aliphatic heterocycles. The highest BCUT2D eigenvalue weighted by Crippen LogP contribution is 2.28. The minimum absolute atomic E-state index is 0.0626. The second-order valence-electron chi connectivity index (χ2n) is 3.01. The Morgan fingerprint density at radius 1 is 1.33 bits per heavy atom. The fraction of sp³-hybridized carbons (Fsp3) is 0.333. The van der Waals surface area contributed by atoms with Gasteiger partial charge in [0.1, 0.15) is 12.4 Å². The molecule has 1 rings (SSSR count). The summed E-state index contributed by atoms with van der Waals surface area (Å²) in [6.45, 7) is -1.16. The van der Waals surface area contributed by atoms with Gasteiger partial charge >= 0.3 is 6.36 Å². The van der Waals surface area contributed by atoms with E-state index in [2.05, 4.69) is 4.74 Å². The van der Waals surface area contributed by atoms with Crippen LogP contribution in [0.15, 0.2) is 18.2 Å². The summed E-state index contributed by atoms with van der Waals surface area (Å²) >= 11 is 5.66. The molecular formula is C9H7ClF3NO4. The van der Waals surface area contributed by atoms with Crippen molar-refractivity contribution in [2.45, 2.75) is 6.36 Å². The van der Waals surface area contributed by atoms with Crippen LogP contribution in [0.2, 0.25) is 5.02 Å². The maximum atomic E-state index is 11.6.